The zero-order valence-electron chi connectivity index (χ0n) is 22.0. The van der Waals surface area contributed by atoms with Gasteiger partial charge in [-0.15, -0.1) is 0 Å². The maximum Gasteiger partial charge on any atom is 0.242 e. The van der Waals surface area contributed by atoms with Crippen molar-refractivity contribution in [1.29, 1.82) is 0 Å². The van der Waals surface area contributed by atoms with Gasteiger partial charge in [-0.2, -0.15) is 0 Å². The van der Waals surface area contributed by atoms with Crippen LogP contribution in [0, 0.1) is 6.92 Å². The second-order valence-electron chi connectivity index (χ2n) is 8.96. The Hall–Kier alpha value is -3.07. The SMILES string of the molecule is CCCCNC(=O)[C@H](C)N(Cc1ccc(C)cc1)C(=O)CCCN(c1ccc(OC)cc1)S(C)(=O)=O. The van der Waals surface area contributed by atoms with Crippen LogP contribution in [0.1, 0.15) is 50.7 Å². The van der Waals surface area contributed by atoms with Crippen LogP contribution in [0.5, 0.6) is 5.75 Å². The summed E-state index contributed by atoms with van der Waals surface area (Å²) >= 11 is 0. The van der Waals surface area contributed by atoms with Gasteiger partial charge in [0.15, 0.2) is 0 Å². The molecule has 2 aromatic carbocycles. The second-order valence-corrected chi connectivity index (χ2v) is 10.9. The number of nitrogens with one attached hydrogen (secondary N) is 1. The maximum absolute atomic E-state index is 13.3. The summed E-state index contributed by atoms with van der Waals surface area (Å²) in [5.74, 6) is 0.233. The minimum absolute atomic E-state index is 0.112. The summed E-state index contributed by atoms with van der Waals surface area (Å²) in [5, 5.41) is 2.91. The average Bonchev–Trinajstić information content (AvgIpc) is 2.85. The molecule has 0 saturated carbocycles. The van der Waals surface area contributed by atoms with Gasteiger partial charge >= 0.3 is 0 Å². The number of benzene rings is 2. The molecule has 0 fully saturated rings. The zero-order chi connectivity index (χ0) is 26.7. The van der Waals surface area contributed by atoms with Crippen molar-refractivity contribution in [2.45, 2.75) is 59.0 Å². The number of hydrogen-bond donors (Lipinski definition) is 1. The Bertz CT molecular complexity index is 1090. The summed E-state index contributed by atoms with van der Waals surface area (Å²) in [5.41, 5.74) is 2.55. The van der Waals surface area contributed by atoms with E-state index in [0.29, 0.717) is 30.9 Å². The van der Waals surface area contributed by atoms with E-state index in [9.17, 15) is 18.0 Å². The summed E-state index contributed by atoms with van der Waals surface area (Å²) in [4.78, 5) is 27.6. The molecular weight excluding hydrogens is 478 g/mol. The third-order valence-electron chi connectivity index (χ3n) is 5.98. The first-order chi connectivity index (χ1) is 17.1. The normalized spacial score (nSPS) is 12.0. The standard InChI is InChI=1S/C27H39N3O5S/c1-6-7-18-28-27(32)22(3)29(20-23-12-10-21(2)11-13-23)26(31)9-8-19-30(36(5,33)34)24-14-16-25(35-4)17-15-24/h10-17,22H,6-9,18-20H2,1-5H3,(H,28,32)/t22-/m0/s1. The van der Waals surface area contributed by atoms with Gasteiger partial charge in [-0.25, -0.2) is 8.42 Å². The number of sulfonamides is 1. The third kappa shape index (κ3) is 8.86. The van der Waals surface area contributed by atoms with E-state index in [1.165, 1.54) is 4.31 Å². The summed E-state index contributed by atoms with van der Waals surface area (Å²) in [6.07, 6.45) is 3.40. The first kappa shape index (κ1) is 29.2. The van der Waals surface area contributed by atoms with E-state index in [1.807, 2.05) is 31.2 Å². The van der Waals surface area contributed by atoms with Gasteiger partial charge in [0.1, 0.15) is 11.8 Å². The predicted octanol–water partition coefficient (Wildman–Crippen LogP) is 3.88. The predicted molar refractivity (Wildman–Crippen MR) is 144 cm³/mol. The monoisotopic (exact) mass is 517 g/mol. The lowest BCUT2D eigenvalue weighted by Gasteiger charge is -2.29. The molecule has 8 nitrogen and oxygen atoms in total. The van der Waals surface area contributed by atoms with Gasteiger partial charge in [-0.05, 0) is 56.5 Å². The molecule has 0 aromatic heterocycles. The average molecular weight is 518 g/mol. The first-order valence-electron chi connectivity index (χ1n) is 12.3. The molecule has 0 unspecified atom stereocenters. The van der Waals surface area contributed by atoms with Crippen molar-refractivity contribution in [3.63, 3.8) is 0 Å². The van der Waals surface area contributed by atoms with Gasteiger partial charge in [0.2, 0.25) is 21.8 Å². The Labute approximate surface area is 215 Å². The lowest BCUT2D eigenvalue weighted by molar-refractivity contribution is -0.140. The van der Waals surface area contributed by atoms with E-state index in [2.05, 4.69) is 12.2 Å². The molecule has 0 aliphatic rings. The van der Waals surface area contributed by atoms with Gasteiger partial charge in [-0.1, -0.05) is 43.2 Å². The number of unbranched alkanes of at least 4 members (excludes halogenated alkanes) is 1. The molecule has 0 aliphatic carbocycles. The maximum atomic E-state index is 13.3. The molecule has 0 bridgehead atoms. The van der Waals surface area contributed by atoms with E-state index >= 15 is 0 Å². The van der Waals surface area contributed by atoms with Crippen molar-refractivity contribution in [2.24, 2.45) is 0 Å². The quantitative estimate of drug-likeness (QED) is 0.384. The number of aryl methyl sites for hydroxylation is 1. The number of nitrogens with zero attached hydrogens (tertiary/aromatic N) is 2. The molecule has 0 radical (unpaired) electrons. The summed E-state index contributed by atoms with van der Waals surface area (Å²) in [6.45, 7) is 6.79. The van der Waals surface area contributed by atoms with E-state index < -0.39 is 16.1 Å². The van der Waals surface area contributed by atoms with Gasteiger partial charge < -0.3 is 15.0 Å². The van der Waals surface area contributed by atoms with Crippen LogP contribution < -0.4 is 14.4 Å². The van der Waals surface area contributed by atoms with Crippen molar-refractivity contribution in [3.8, 4) is 5.75 Å². The number of rotatable bonds is 14. The van der Waals surface area contributed by atoms with Crippen LogP contribution in [-0.4, -0.2) is 57.6 Å². The lowest BCUT2D eigenvalue weighted by atomic mass is 10.1. The Morgan fingerprint density at radius 1 is 1.03 bits per heavy atom. The highest BCUT2D eigenvalue weighted by atomic mass is 32.2. The highest BCUT2D eigenvalue weighted by Gasteiger charge is 2.26. The molecule has 198 valence electrons. The van der Waals surface area contributed by atoms with Crippen LogP contribution >= 0.6 is 0 Å². The molecule has 2 aromatic rings. The molecule has 9 heteroatoms. The Kier molecular flexibility index (Phi) is 11.2. The number of amides is 2. The van der Waals surface area contributed by atoms with Crippen molar-refractivity contribution < 1.29 is 22.7 Å². The van der Waals surface area contributed by atoms with Crippen LogP contribution in [-0.2, 0) is 26.2 Å². The molecule has 0 spiro atoms. The van der Waals surface area contributed by atoms with Crippen LogP contribution in [0.25, 0.3) is 0 Å². The minimum Gasteiger partial charge on any atom is -0.497 e. The highest BCUT2D eigenvalue weighted by Crippen LogP contribution is 2.22. The molecular formula is C27H39N3O5S. The number of carbonyl (C=O) groups is 2. The fourth-order valence-corrected chi connectivity index (χ4v) is 4.73. The largest absolute Gasteiger partial charge is 0.497 e. The van der Waals surface area contributed by atoms with Crippen molar-refractivity contribution in [3.05, 3.63) is 59.7 Å². The molecule has 2 amide bonds. The summed E-state index contributed by atoms with van der Waals surface area (Å²) < 4.78 is 31.3. The van der Waals surface area contributed by atoms with Crippen LogP contribution in [0.4, 0.5) is 5.69 Å². The number of carbonyl (C=O) groups excluding carboxylic acids is 2. The van der Waals surface area contributed by atoms with Crippen LogP contribution in [0.2, 0.25) is 0 Å². The molecule has 36 heavy (non-hydrogen) atoms. The van der Waals surface area contributed by atoms with Crippen molar-refractivity contribution in [1.82, 2.24) is 10.2 Å². The Morgan fingerprint density at radius 3 is 2.22 bits per heavy atom. The summed E-state index contributed by atoms with van der Waals surface area (Å²) in [7, 11) is -2.00. The minimum atomic E-state index is -3.55. The second kappa shape index (κ2) is 13.9. The van der Waals surface area contributed by atoms with E-state index in [-0.39, 0.29) is 24.8 Å². The lowest BCUT2D eigenvalue weighted by Crippen LogP contribution is -2.48. The number of hydrogen-bond acceptors (Lipinski definition) is 5. The topological polar surface area (TPSA) is 96.0 Å². The van der Waals surface area contributed by atoms with Gasteiger partial charge in [0.05, 0.1) is 19.1 Å². The van der Waals surface area contributed by atoms with Gasteiger partial charge in [0, 0.05) is 26.1 Å². The molecule has 1 N–H and O–H groups in total. The molecule has 0 saturated heterocycles. The molecule has 1 atom stereocenters. The Balaban J connectivity index is 2.13. The zero-order valence-corrected chi connectivity index (χ0v) is 22.8. The van der Waals surface area contributed by atoms with E-state index in [0.717, 1.165) is 30.2 Å². The molecule has 2 rings (SSSR count). The van der Waals surface area contributed by atoms with Crippen molar-refractivity contribution in [2.75, 3.05) is 30.8 Å². The van der Waals surface area contributed by atoms with Crippen LogP contribution in [0.15, 0.2) is 48.5 Å². The Morgan fingerprint density at radius 2 is 1.67 bits per heavy atom. The van der Waals surface area contributed by atoms with Gasteiger partial charge in [0.25, 0.3) is 0 Å². The molecule has 0 aliphatic heterocycles. The van der Waals surface area contributed by atoms with Crippen LogP contribution in [0.3, 0.4) is 0 Å². The molecule has 0 heterocycles. The smallest absolute Gasteiger partial charge is 0.242 e. The van der Waals surface area contributed by atoms with E-state index in [4.69, 9.17) is 4.74 Å². The number of methoxy groups -OCH3 is 1. The van der Waals surface area contributed by atoms with Gasteiger partial charge in [-0.3, -0.25) is 13.9 Å². The fraction of sp³-hybridized carbons (Fsp3) is 0.481. The summed E-state index contributed by atoms with van der Waals surface area (Å²) in [6, 6.07) is 13.9. The third-order valence-corrected chi connectivity index (χ3v) is 7.18. The number of ether oxygens (including phenoxy) is 1. The first-order valence-corrected chi connectivity index (χ1v) is 14.2. The van der Waals surface area contributed by atoms with E-state index in [1.54, 1.807) is 43.2 Å². The highest BCUT2D eigenvalue weighted by molar-refractivity contribution is 7.92. The fourth-order valence-electron chi connectivity index (χ4n) is 3.76. The van der Waals surface area contributed by atoms with Crippen molar-refractivity contribution >= 4 is 27.5 Å². The number of anilines is 1.